The van der Waals surface area contributed by atoms with Crippen molar-refractivity contribution in [2.45, 2.75) is 12.6 Å². The van der Waals surface area contributed by atoms with Gasteiger partial charge in [-0.25, -0.2) is 9.18 Å². The summed E-state index contributed by atoms with van der Waals surface area (Å²) in [5.41, 5.74) is 0. The van der Waals surface area contributed by atoms with Gasteiger partial charge in [0.1, 0.15) is 6.17 Å². The summed E-state index contributed by atoms with van der Waals surface area (Å²) in [6.07, 6.45) is -1.84. The van der Waals surface area contributed by atoms with E-state index in [1.807, 2.05) is 0 Å². The van der Waals surface area contributed by atoms with Crippen LogP contribution in [0.3, 0.4) is 0 Å². The number of rotatable bonds is 5. The van der Waals surface area contributed by atoms with Gasteiger partial charge in [-0.05, 0) is 20.0 Å². The maximum absolute atomic E-state index is 12.9. The van der Waals surface area contributed by atoms with Gasteiger partial charge in [0.05, 0.1) is 6.54 Å². The average molecular weight is 178 g/mol. The van der Waals surface area contributed by atoms with Crippen molar-refractivity contribution in [1.82, 2.24) is 10.2 Å². The van der Waals surface area contributed by atoms with E-state index in [1.54, 1.807) is 7.05 Å². The van der Waals surface area contributed by atoms with E-state index in [1.165, 1.54) is 7.05 Å². The van der Waals surface area contributed by atoms with Crippen LogP contribution in [-0.4, -0.2) is 49.5 Å². The van der Waals surface area contributed by atoms with Gasteiger partial charge < -0.3 is 15.3 Å². The number of nitrogens with one attached hydrogen (secondary N) is 1. The second-order valence-corrected chi connectivity index (χ2v) is 2.65. The van der Waals surface area contributed by atoms with Crippen molar-refractivity contribution in [1.29, 1.82) is 0 Å². The lowest BCUT2D eigenvalue weighted by atomic mass is 10.2. The topological polar surface area (TPSA) is 52.6 Å². The van der Waals surface area contributed by atoms with Gasteiger partial charge in [0, 0.05) is 7.05 Å². The largest absolute Gasteiger partial charge is 0.465 e. The molecule has 1 atom stereocenters. The molecule has 72 valence electrons. The van der Waals surface area contributed by atoms with Gasteiger partial charge in [0.15, 0.2) is 0 Å². The molecule has 4 nitrogen and oxygen atoms in total. The fourth-order valence-corrected chi connectivity index (χ4v) is 0.767. The summed E-state index contributed by atoms with van der Waals surface area (Å²) in [5, 5.41) is 11.2. The Hall–Kier alpha value is -0.840. The summed E-state index contributed by atoms with van der Waals surface area (Å²) >= 11 is 0. The summed E-state index contributed by atoms with van der Waals surface area (Å²) in [5.74, 6) is 0. The van der Waals surface area contributed by atoms with E-state index in [4.69, 9.17) is 5.11 Å². The van der Waals surface area contributed by atoms with Crippen molar-refractivity contribution in [3.05, 3.63) is 0 Å². The van der Waals surface area contributed by atoms with Crippen molar-refractivity contribution in [3.63, 3.8) is 0 Å². The van der Waals surface area contributed by atoms with Crippen LogP contribution in [-0.2, 0) is 0 Å². The third-order valence-electron chi connectivity index (χ3n) is 1.51. The fourth-order valence-electron chi connectivity index (χ4n) is 0.767. The Morgan fingerprint density at radius 3 is 2.75 bits per heavy atom. The van der Waals surface area contributed by atoms with Gasteiger partial charge in [-0.1, -0.05) is 0 Å². The van der Waals surface area contributed by atoms with Crippen LogP contribution in [0.2, 0.25) is 0 Å². The first-order valence-electron chi connectivity index (χ1n) is 3.80. The molecule has 2 N–H and O–H groups in total. The lowest BCUT2D eigenvalue weighted by Crippen LogP contribution is -2.32. The molecular formula is C7H15FN2O2. The highest BCUT2D eigenvalue weighted by Crippen LogP contribution is 1.99. The molecule has 0 aliphatic heterocycles. The van der Waals surface area contributed by atoms with Crippen LogP contribution in [0.5, 0.6) is 0 Å². The molecule has 0 radical (unpaired) electrons. The zero-order chi connectivity index (χ0) is 9.56. The Labute approximate surface area is 71.4 Å². The molecule has 1 amide bonds. The molecule has 0 aromatic rings. The first-order valence-corrected chi connectivity index (χ1v) is 3.80. The predicted octanol–water partition coefficient (Wildman–Crippen LogP) is 0.544. The summed E-state index contributed by atoms with van der Waals surface area (Å²) in [6.45, 7) is 0.506. The van der Waals surface area contributed by atoms with E-state index in [9.17, 15) is 9.18 Å². The molecule has 0 saturated carbocycles. The van der Waals surface area contributed by atoms with E-state index in [0.29, 0.717) is 13.0 Å². The summed E-state index contributed by atoms with van der Waals surface area (Å²) in [4.78, 5) is 11.2. The van der Waals surface area contributed by atoms with Crippen LogP contribution < -0.4 is 5.32 Å². The van der Waals surface area contributed by atoms with E-state index < -0.39 is 12.3 Å². The Bertz CT molecular complexity index is 143. The number of alkyl halides is 1. The Morgan fingerprint density at radius 1 is 1.75 bits per heavy atom. The van der Waals surface area contributed by atoms with Gasteiger partial charge in [0.25, 0.3) is 0 Å². The highest BCUT2D eigenvalue weighted by Gasteiger charge is 2.12. The van der Waals surface area contributed by atoms with Crippen molar-refractivity contribution in [2.75, 3.05) is 27.2 Å². The van der Waals surface area contributed by atoms with Gasteiger partial charge in [-0.2, -0.15) is 0 Å². The molecule has 0 aromatic carbocycles. The van der Waals surface area contributed by atoms with Crippen LogP contribution >= 0.6 is 0 Å². The highest BCUT2D eigenvalue weighted by molar-refractivity contribution is 5.64. The molecule has 0 rings (SSSR count). The van der Waals surface area contributed by atoms with Gasteiger partial charge >= 0.3 is 6.09 Å². The van der Waals surface area contributed by atoms with Crippen LogP contribution in [0.25, 0.3) is 0 Å². The molecule has 0 bridgehead atoms. The summed E-state index contributed by atoms with van der Waals surface area (Å²) in [6, 6.07) is 0. The monoisotopic (exact) mass is 178 g/mol. The molecule has 5 heteroatoms. The second-order valence-electron chi connectivity index (χ2n) is 2.65. The van der Waals surface area contributed by atoms with Crippen molar-refractivity contribution in [2.24, 2.45) is 0 Å². The zero-order valence-corrected chi connectivity index (χ0v) is 7.38. The number of carbonyl (C=O) groups is 1. The number of halogens is 1. The predicted molar refractivity (Wildman–Crippen MR) is 44.1 cm³/mol. The minimum absolute atomic E-state index is 0.0585. The zero-order valence-electron chi connectivity index (χ0n) is 7.38. The molecule has 1 unspecified atom stereocenters. The summed E-state index contributed by atoms with van der Waals surface area (Å²) < 4.78 is 12.9. The van der Waals surface area contributed by atoms with Gasteiger partial charge in [-0.3, -0.25) is 0 Å². The van der Waals surface area contributed by atoms with Crippen LogP contribution in [0.1, 0.15) is 6.42 Å². The number of amides is 1. The molecule has 0 aliphatic rings. The number of nitrogens with zero attached hydrogens (tertiary/aromatic N) is 1. The second kappa shape index (κ2) is 5.77. The Morgan fingerprint density at radius 2 is 2.33 bits per heavy atom. The lowest BCUT2D eigenvalue weighted by Gasteiger charge is -2.15. The molecular weight excluding hydrogens is 163 g/mol. The molecule has 0 heterocycles. The molecule has 12 heavy (non-hydrogen) atoms. The molecule has 0 saturated heterocycles. The van der Waals surface area contributed by atoms with E-state index in [0.717, 1.165) is 4.90 Å². The molecule has 0 fully saturated rings. The summed E-state index contributed by atoms with van der Waals surface area (Å²) in [7, 11) is 3.09. The SMILES string of the molecule is CNCCC(F)CN(C)C(=O)O. The Balaban J connectivity index is 3.53. The van der Waals surface area contributed by atoms with Crippen molar-refractivity contribution in [3.8, 4) is 0 Å². The first-order chi connectivity index (χ1) is 5.57. The van der Waals surface area contributed by atoms with Gasteiger partial charge in [-0.15, -0.1) is 0 Å². The lowest BCUT2D eigenvalue weighted by molar-refractivity contribution is 0.139. The minimum Gasteiger partial charge on any atom is -0.465 e. The number of hydrogen-bond acceptors (Lipinski definition) is 2. The Kier molecular flexibility index (Phi) is 5.36. The van der Waals surface area contributed by atoms with Crippen molar-refractivity contribution < 1.29 is 14.3 Å². The third kappa shape index (κ3) is 4.90. The van der Waals surface area contributed by atoms with Crippen LogP contribution in [0.15, 0.2) is 0 Å². The molecule has 0 aliphatic carbocycles. The van der Waals surface area contributed by atoms with E-state index in [2.05, 4.69) is 5.32 Å². The molecule has 0 spiro atoms. The maximum atomic E-state index is 12.9. The number of hydrogen-bond donors (Lipinski definition) is 2. The van der Waals surface area contributed by atoms with E-state index in [-0.39, 0.29) is 6.54 Å². The quantitative estimate of drug-likeness (QED) is 0.646. The smallest absolute Gasteiger partial charge is 0.407 e. The van der Waals surface area contributed by atoms with Crippen LogP contribution in [0.4, 0.5) is 9.18 Å². The van der Waals surface area contributed by atoms with Crippen LogP contribution in [0, 0.1) is 0 Å². The minimum atomic E-state index is -1.10. The highest BCUT2D eigenvalue weighted by atomic mass is 19.1. The van der Waals surface area contributed by atoms with Crippen molar-refractivity contribution >= 4 is 6.09 Å². The standard InChI is InChI=1S/C7H15FN2O2/c1-9-4-3-6(8)5-10(2)7(11)12/h6,9H,3-5H2,1-2H3,(H,11,12). The third-order valence-corrected chi connectivity index (χ3v) is 1.51. The fraction of sp³-hybridized carbons (Fsp3) is 0.857. The molecule has 0 aromatic heterocycles. The normalized spacial score (nSPS) is 12.6. The van der Waals surface area contributed by atoms with Gasteiger partial charge in [0.2, 0.25) is 0 Å². The average Bonchev–Trinajstić information content (AvgIpc) is 2.00. The number of carboxylic acid groups (broad SMARTS) is 1. The first kappa shape index (κ1) is 11.2. The maximum Gasteiger partial charge on any atom is 0.407 e. The van der Waals surface area contributed by atoms with E-state index >= 15 is 0 Å².